The number of nitrogens with zero attached hydrogens (tertiary/aromatic N) is 1. The SMILES string of the molecule is Cc1cc(N2CCCC(C)(O)CC2)c(N)cc1F. The molecule has 1 aromatic carbocycles. The van der Waals surface area contributed by atoms with Gasteiger partial charge in [0, 0.05) is 13.1 Å². The van der Waals surface area contributed by atoms with Crippen LogP contribution in [0, 0.1) is 12.7 Å². The summed E-state index contributed by atoms with van der Waals surface area (Å²) in [5.41, 5.74) is 7.26. The van der Waals surface area contributed by atoms with E-state index >= 15 is 0 Å². The minimum Gasteiger partial charge on any atom is -0.397 e. The monoisotopic (exact) mass is 252 g/mol. The Labute approximate surface area is 107 Å². The van der Waals surface area contributed by atoms with Gasteiger partial charge in [-0.05, 0) is 50.8 Å². The van der Waals surface area contributed by atoms with Gasteiger partial charge in [-0.1, -0.05) is 0 Å². The Bertz CT molecular complexity index is 446. The first-order valence-electron chi connectivity index (χ1n) is 6.42. The smallest absolute Gasteiger partial charge is 0.128 e. The van der Waals surface area contributed by atoms with Crippen LogP contribution in [0.15, 0.2) is 12.1 Å². The number of hydrogen-bond donors (Lipinski definition) is 2. The van der Waals surface area contributed by atoms with Gasteiger partial charge in [0.15, 0.2) is 0 Å². The Balaban J connectivity index is 2.24. The number of halogens is 1. The lowest BCUT2D eigenvalue weighted by Crippen LogP contribution is -2.28. The molecule has 0 saturated carbocycles. The first kappa shape index (κ1) is 13.1. The van der Waals surface area contributed by atoms with Crippen molar-refractivity contribution in [2.75, 3.05) is 23.7 Å². The molecule has 1 atom stereocenters. The lowest BCUT2D eigenvalue weighted by atomic mass is 9.98. The zero-order valence-corrected chi connectivity index (χ0v) is 11.0. The van der Waals surface area contributed by atoms with E-state index in [1.165, 1.54) is 6.07 Å². The van der Waals surface area contributed by atoms with Crippen LogP contribution < -0.4 is 10.6 Å². The molecule has 0 bridgehead atoms. The number of aliphatic hydroxyl groups is 1. The predicted octanol–water partition coefficient (Wildman–Crippen LogP) is 2.46. The molecule has 4 heteroatoms. The van der Waals surface area contributed by atoms with Crippen molar-refractivity contribution in [2.45, 2.75) is 38.7 Å². The largest absolute Gasteiger partial charge is 0.397 e. The van der Waals surface area contributed by atoms with Crippen molar-refractivity contribution < 1.29 is 9.50 Å². The number of rotatable bonds is 1. The fraction of sp³-hybridized carbons (Fsp3) is 0.571. The second kappa shape index (κ2) is 4.76. The molecule has 100 valence electrons. The summed E-state index contributed by atoms with van der Waals surface area (Å²) in [4.78, 5) is 2.14. The van der Waals surface area contributed by atoms with E-state index in [1.807, 2.05) is 6.92 Å². The normalized spacial score (nSPS) is 25.0. The summed E-state index contributed by atoms with van der Waals surface area (Å²) >= 11 is 0. The first-order chi connectivity index (χ1) is 8.39. The topological polar surface area (TPSA) is 49.5 Å². The third-order valence-electron chi connectivity index (χ3n) is 3.71. The number of nitrogens with two attached hydrogens (primary N) is 1. The molecule has 1 heterocycles. The molecular formula is C14H21FN2O. The lowest BCUT2D eigenvalue weighted by Gasteiger charge is -2.26. The summed E-state index contributed by atoms with van der Waals surface area (Å²) in [6.07, 6.45) is 2.43. The fourth-order valence-electron chi connectivity index (χ4n) is 2.46. The summed E-state index contributed by atoms with van der Waals surface area (Å²) < 4.78 is 13.4. The molecule has 3 N–H and O–H groups in total. The molecular weight excluding hydrogens is 231 g/mol. The summed E-state index contributed by atoms with van der Waals surface area (Å²) in [6, 6.07) is 3.18. The molecule has 1 fully saturated rings. The molecule has 1 aliphatic heterocycles. The zero-order chi connectivity index (χ0) is 13.3. The van der Waals surface area contributed by atoms with Gasteiger partial charge in [-0.25, -0.2) is 4.39 Å². The molecule has 1 unspecified atom stereocenters. The van der Waals surface area contributed by atoms with Crippen molar-refractivity contribution in [2.24, 2.45) is 0 Å². The number of benzene rings is 1. The van der Waals surface area contributed by atoms with Crippen LogP contribution in [0.2, 0.25) is 0 Å². The van der Waals surface area contributed by atoms with E-state index in [0.717, 1.165) is 31.6 Å². The van der Waals surface area contributed by atoms with Crippen LogP contribution in [0.3, 0.4) is 0 Å². The van der Waals surface area contributed by atoms with Gasteiger partial charge in [0.1, 0.15) is 5.82 Å². The molecule has 1 aliphatic rings. The number of hydrogen-bond acceptors (Lipinski definition) is 3. The van der Waals surface area contributed by atoms with Crippen molar-refractivity contribution in [1.82, 2.24) is 0 Å². The molecule has 0 aromatic heterocycles. The second-order valence-electron chi connectivity index (χ2n) is 5.50. The van der Waals surface area contributed by atoms with E-state index < -0.39 is 5.60 Å². The average Bonchev–Trinajstić information content (AvgIpc) is 2.45. The van der Waals surface area contributed by atoms with Crippen LogP contribution in [0.4, 0.5) is 15.8 Å². The van der Waals surface area contributed by atoms with Gasteiger partial charge in [-0.2, -0.15) is 0 Å². The Morgan fingerprint density at radius 3 is 2.78 bits per heavy atom. The third-order valence-corrected chi connectivity index (χ3v) is 3.71. The highest BCUT2D eigenvalue weighted by Gasteiger charge is 2.25. The van der Waals surface area contributed by atoms with E-state index in [4.69, 9.17) is 5.73 Å². The summed E-state index contributed by atoms with van der Waals surface area (Å²) in [5.74, 6) is -0.266. The molecule has 1 aromatic rings. The maximum atomic E-state index is 13.4. The summed E-state index contributed by atoms with van der Waals surface area (Å²) in [7, 11) is 0. The Hall–Kier alpha value is -1.29. The van der Waals surface area contributed by atoms with Crippen molar-refractivity contribution in [3.8, 4) is 0 Å². The zero-order valence-electron chi connectivity index (χ0n) is 11.0. The molecule has 0 aliphatic carbocycles. The van der Waals surface area contributed by atoms with Gasteiger partial charge in [0.2, 0.25) is 0 Å². The van der Waals surface area contributed by atoms with E-state index in [1.54, 1.807) is 13.0 Å². The highest BCUT2D eigenvalue weighted by Crippen LogP contribution is 2.30. The number of nitrogen functional groups attached to an aromatic ring is 1. The molecule has 3 nitrogen and oxygen atoms in total. The van der Waals surface area contributed by atoms with Gasteiger partial charge >= 0.3 is 0 Å². The maximum Gasteiger partial charge on any atom is 0.128 e. The van der Waals surface area contributed by atoms with E-state index in [-0.39, 0.29) is 5.82 Å². The van der Waals surface area contributed by atoms with Crippen molar-refractivity contribution in [1.29, 1.82) is 0 Å². The summed E-state index contributed by atoms with van der Waals surface area (Å²) in [5, 5.41) is 10.1. The third kappa shape index (κ3) is 2.75. The van der Waals surface area contributed by atoms with Crippen molar-refractivity contribution in [3.05, 3.63) is 23.5 Å². The highest BCUT2D eigenvalue weighted by atomic mass is 19.1. The predicted molar refractivity (Wildman–Crippen MR) is 72.2 cm³/mol. The molecule has 2 rings (SSSR count). The quantitative estimate of drug-likeness (QED) is 0.755. The van der Waals surface area contributed by atoms with Gasteiger partial charge in [0.25, 0.3) is 0 Å². The fourth-order valence-corrected chi connectivity index (χ4v) is 2.46. The van der Waals surface area contributed by atoms with Crippen molar-refractivity contribution in [3.63, 3.8) is 0 Å². The van der Waals surface area contributed by atoms with Crippen LogP contribution in [0.1, 0.15) is 31.7 Å². The van der Waals surface area contributed by atoms with Gasteiger partial charge in [-0.15, -0.1) is 0 Å². The van der Waals surface area contributed by atoms with Crippen molar-refractivity contribution >= 4 is 11.4 Å². The Morgan fingerprint density at radius 1 is 1.33 bits per heavy atom. The number of anilines is 2. The molecule has 0 amide bonds. The first-order valence-corrected chi connectivity index (χ1v) is 6.42. The molecule has 0 spiro atoms. The van der Waals surface area contributed by atoms with Crippen LogP contribution in [0.25, 0.3) is 0 Å². The van der Waals surface area contributed by atoms with Crippen LogP contribution in [-0.2, 0) is 0 Å². The Kier molecular flexibility index (Phi) is 3.48. The van der Waals surface area contributed by atoms with Crippen LogP contribution >= 0.6 is 0 Å². The van der Waals surface area contributed by atoms with E-state index in [2.05, 4.69) is 4.90 Å². The van der Waals surface area contributed by atoms with E-state index in [9.17, 15) is 9.50 Å². The minimum atomic E-state index is -0.599. The number of aryl methyl sites for hydroxylation is 1. The Morgan fingerprint density at radius 2 is 2.06 bits per heavy atom. The molecule has 18 heavy (non-hydrogen) atoms. The highest BCUT2D eigenvalue weighted by molar-refractivity contribution is 5.68. The van der Waals surface area contributed by atoms with Gasteiger partial charge in [0.05, 0.1) is 17.0 Å². The summed E-state index contributed by atoms with van der Waals surface area (Å²) in [6.45, 7) is 5.22. The van der Waals surface area contributed by atoms with Crippen LogP contribution in [-0.4, -0.2) is 23.8 Å². The minimum absolute atomic E-state index is 0.266. The lowest BCUT2D eigenvalue weighted by molar-refractivity contribution is 0.0481. The van der Waals surface area contributed by atoms with Gasteiger partial charge in [-0.3, -0.25) is 0 Å². The standard InChI is InChI=1S/C14H21FN2O/c1-10-8-13(12(16)9-11(10)15)17-6-3-4-14(2,18)5-7-17/h8-9,18H,3-7,16H2,1-2H3. The van der Waals surface area contributed by atoms with Crippen LogP contribution in [0.5, 0.6) is 0 Å². The maximum absolute atomic E-state index is 13.4. The molecule has 1 saturated heterocycles. The van der Waals surface area contributed by atoms with Gasteiger partial charge < -0.3 is 15.7 Å². The average molecular weight is 252 g/mol. The molecule has 0 radical (unpaired) electrons. The van der Waals surface area contributed by atoms with E-state index in [0.29, 0.717) is 17.7 Å². The second-order valence-corrected chi connectivity index (χ2v) is 5.50.